The summed E-state index contributed by atoms with van der Waals surface area (Å²) in [7, 11) is 0. The minimum Gasteiger partial charge on any atom is -0.376 e. The minimum atomic E-state index is -0.322. The summed E-state index contributed by atoms with van der Waals surface area (Å²) in [5, 5.41) is 0.619. The fourth-order valence-electron chi connectivity index (χ4n) is 7.13. The Bertz CT molecular complexity index is 826. The first-order chi connectivity index (χ1) is 15.9. The van der Waals surface area contributed by atoms with Gasteiger partial charge < -0.3 is 14.2 Å². The highest BCUT2D eigenvalue weighted by atomic mass is 79.9. The van der Waals surface area contributed by atoms with Crippen LogP contribution in [0.3, 0.4) is 0 Å². The lowest BCUT2D eigenvalue weighted by Crippen LogP contribution is -2.63. The van der Waals surface area contributed by atoms with Crippen molar-refractivity contribution in [2.45, 2.75) is 71.9 Å². The number of hydrogen-bond donors (Lipinski definition) is 0. The maximum atomic E-state index is 12.9. The van der Waals surface area contributed by atoms with Gasteiger partial charge in [-0.25, -0.2) is 0 Å². The molecule has 0 unspecified atom stereocenters. The van der Waals surface area contributed by atoms with Gasteiger partial charge in [0, 0.05) is 24.9 Å². The first kappa shape index (κ1) is 25.1. The molecule has 3 aliphatic carbocycles. The SMILES string of the molecule is CCO[C@@H](CBr)O[C@@H]1C[C@H]2[C@H](C)C=CC[C@]2(C)[C@H]2CCC(=O)C[C@@]21COCc1ccccc1. The number of fused-ring (bicyclic) bond motifs is 3. The molecule has 0 aliphatic heterocycles. The molecule has 0 heterocycles. The van der Waals surface area contributed by atoms with Crippen molar-refractivity contribution in [1.82, 2.24) is 0 Å². The van der Waals surface area contributed by atoms with Crippen LogP contribution in [0, 0.1) is 28.6 Å². The molecular weight excluding hydrogens is 480 g/mol. The molecular formula is C28H39BrO4. The predicted molar refractivity (Wildman–Crippen MR) is 134 cm³/mol. The Hall–Kier alpha value is -1.01. The number of Topliss-reactive ketones (excluding diaryl/α,β-unsaturated/α-hetero) is 1. The lowest BCUT2D eigenvalue weighted by atomic mass is 9.43. The van der Waals surface area contributed by atoms with E-state index >= 15 is 0 Å². The van der Waals surface area contributed by atoms with Gasteiger partial charge in [0.2, 0.25) is 0 Å². The Morgan fingerprint density at radius 2 is 2.03 bits per heavy atom. The van der Waals surface area contributed by atoms with Gasteiger partial charge in [-0.15, -0.1) is 0 Å². The molecule has 7 atom stereocenters. The molecule has 182 valence electrons. The number of ether oxygens (including phenoxy) is 3. The second-order valence-electron chi connectivity index (χ2n) is 10.5. The Morgan fingerprint density at radius 3 is 2.76 bits per heavy atom. The van der Waals surface area contributed by atoms with Crippen molar-refractivity contribution in [3.05, 3.63) is 48.0 Å². The maximum absolute atomic E-state index is 12.9. The number of alkyl halides is 1. The largest absolute Gasteiger partial charge is 0.376 e. The summed E-state index contributed by atoms with van der Waals surface area (Å²) in [5.41, 5.74) is 0.991. The summed E-state index contributed by atoms with van der Waals surface area (Å²) in [6.45, 7) is 8.50. The summed E-state index contributed by atoms with van der Waals surface area (Å²) in [5.74, 6) is 1.76. The van der Waals surface area contributed by atoms with Gasteiger partial charge in [0.15, 0.2) is 6.29 Å². The van der Waals surface area contributed by atoms with Crippen LogP contribution in [0.15, 0.2) is 42.5 Å². The monoisotopic (exact) mass is 518 g/mol. The van der Waals surface area contributed by atoms with Crippen LogP contribution in [0.4, 0.5) is 0 Å². The van der Waals surface area contributed by atoms with E-state index in [0.717, 1.165) is 24.8 Å². The first-order valence-corrected chi connectivity index (χ1v) is 13.7. The molecule has 0 amide bonds. The lowest BCUT2D eigenvalue weighted by molar-refractivity contribution is -0.255. The third-order valence-electron chi connectivity index (χ3n) is 8.59. The average molecular weight is 520 g/mol. The summed E-state index contributed by atoms with van der Waals surface area (Å²) in [6, 6.07) is 10.3. The van der Waals surface area contributed by atoms with Gasteiger partial charge in [-0.05, 0) is 54.9 Å². The van der Waals surface area contributed by atoms with Crippen molar-refractivity contribution < 1.29 is 19.0 Å². The number of halogens is 1. The standard InChI is InChI=1S/C28H39BrO4/c1-4-32-26(17-29)33-25-15-23-20(2)9-8-14-27(23,3)24-13-12-22(30)16-28(24,25)19-31-18-21-10-6-5-7-11-21/h5-11,20,23-26H,4,12-19H2,1-3H3/t20-,23+,24-,25-,26-,27+,28-/m1/s1. The van der Waals surface area contributed by atoms with Crippen LogP contribution in [-0.4, -0.2) is 36.7 Å². The normalized spacial score (nSPS) is 36.8. The van der Waals surface area contributed by atoms with Gasteiger partial charge in [-0.3, -0.25) is 4.79 Å². The van der Waals surface area contributed by atoms with Gasteiger partial charge in [0.25, 0.3) is 0 Å². The summed E-state index contributed by atoms with van der Waals surface area (Å²) in [4.78, 5) is 12.9. The minimum absolute atomic E-state index is 0.0661. The third-order valence-corrected chi connectivity index (χ3v) is 9.12. The van der Waals surface area contributed by atoms with Crippen LogP contribution >= 0.6 is 15.9 Å². The average Bonchev–Trinajstić information content (AvgIpc) is 2.80. The van der Waals surface area contributed by atoms with E-state index in [1.807, 2.05) is 25.1 Å². The molecule has 2 saturated carbocycles. The van der Waals surface area contributed by atoms with Gasteiger partial charge >= 0.3 is 0 Å². The predicted octanol–water partition coefficient (Wildman–Crippen LogP) is 6.32. The van der Waals surface area contributed by atoms with Crippen LogP contribution < -0.4 is 0 Å². The molecule has 0 spiro atoms. The smallest absolute Gasteiger partial charge is 0.167 e. The molecule has 3 aliphatic rings. The van der Waals surface area contributed by atoms with E-state index in [1.54, 1.807) is 0 Å². The number of hydrogen-bond acceptors (Lipinski definition) is 4. The van der Waals surface area contributed by atoms with Gasteiger partial charge in [-0.2, -0.15) is 0 Å². The number of allylic oxidation sites excluding steroid dienone is 2. The van der Waals surface area contributed by atoms with E-state index in [-0.39, 0.29) is 23.2 Å². The van der Waals surface area contributed by atoms with E-state index in [4.69, 9.17) is 14.2 Å². The zero-order chi connectivity index (χ0) is 23.5. The maximum Gasteiger partial charge on any atom is 0.167 e. The Balaban J connectivity index is 1.67. The molecule has 0 saturated heterocycles. The number of rotatable bonds is 9. The first-order valence-electron chi connectivity index (χ1n) is 12.6. The molecule has 1 aromatic carbocycles. The molecule has 5 heteroatoms. The third kappa shape index (κ3) is 5.03. The van der Waals surface area contributed by atoms with Gasteiger partial charge in [0.05, 0.1) is 24.6 Å². The van der Waals surface area contributed by atoms with Crippen LogP contribution in [0.5, 0.6) is 0 Å². The van der Waals surface area contributed by atoms with Crippen molar-refractivity contribution in [2.24, 2.45) is 28.6 Å². The van der Waals surface area contributed by atoms with E-state index in [0.29, 0.717) is 61.5 Å². The van der Waals surface area contributed by atoms with Crippen LogP contribution in [0.25, 0.3) is 0 Å². The topological polar surface area (TPSA) is 44.8 Å². The molecule has 0 aromatic heterocycles. The van der Waals surface area contributed by atoms with Crippen molar-refractivity contribution in [3.63, 3.8) is 0 Å². The van der Waals surface area contributed by atoms with Crippen LogP contribution in [0.2, 0.25) is 0 Å². The zero-order valence-electron chi connectivity index (χ0n) is 20.3. The van der Waals surface area contributed by atoms with Gasteiger partial charge in [-0.1, -0.05) is 72.3 Å². The lowest BCUT2D eigenvalue weighted by Gasteiger charge is -2.63. The summed E-state index contributed by atoms with van der Waals surface area (Å²) < 4.78 is 19.0. The van der Waals surface area contributed by atoms with Crippen LogP contribution in [-0.2, 0) is 25.6 Å². The van der Waals surface area contributed by atoms with E-state index in [2.05, 4.69) is 54.1 Å². The van der Waals surface area contributed by atoms with E-state index in [9.17, 15) is 4.79 Å². The van der Waals surface area contributed by atoms with Crippen LogP contribution in [0.1, 0.15) is 58.4 Å². The summed E-state index contributed by atoms with van der Waals surface area (Å²) >= 11 is 3.58. The van der Waals surface area contributed by atoms with Crippen molar-refractivity contribution in [1.29, 1.82) is 0 Å². The van der Waals surface area contributed by atoms with E-state index < -0.39 is 0 Å². The number of carbonyl (C=O) groups is 1. The Labute approximate surface area is 207 Å². The molecule has 2 fully saturated rings. The molecule has 4 nitrogen and oxygen atoms in total. The Morgan fingerprint density at radius 1 is 1.24 bits per heavy atom. The number of benzene rings is 1. The fraction of sp³-hybridized carbons (Fsp3) is 0.679. The van der Waals surface area contributed by atoms with Crippen molar-refractivity contribution >= 4 is 21.7 Å². The molecule has 1 aromatic rings. The van der Waals surface area contributed by atoms with Crippen molar-refractivity contribution in [3.8, 4) is 0 Å². The summed E-state index contributed by atoms with van der Waals surface area (Å²) in [6.07, 6.45) is 8.51. The molecule has 0 bridgehead atoms. The van der Waals surface area contributed by atoms with E-state index in [1.165, 1.54) is 0 Å². The highest BCUT2D eigenvalue weighted by Gasteiger charge is 2.63. The molecule has 0 radical (unpaired) electrons. The fourth-order valence-corrected chi connectivity index (χ4v) is 7.47. The second kappa shape index (κ2) is 10.7. The van der Waals surface area contributed by atoms with Crippen molar-refractivity contribution in [2.75, 3.05) is 18.5 Å². The molecule has 0 N–H and O–H groups in total. The molecule has 33 heavy (non-hydrogen) atoms. The quantitative estimate of drug-likeness (QED) is 0.218. The van der Waals surface area contributed by atoms with Gasteiger partial charge in [0.1, 0.15) is 5.78 Å². The Kier molecular flexibility index (Phi) is 8.15. The zero-order valence-corrected chi connectivity index (χ0v) is 21.9. The number of ketones is 1. The number of carbonyl (C=O) groups excluding carboxylic acids is 1. The highest BCUT2D eigenvalue weighted by Crippen LogP contribution is 2.64. The highest BCUT2D eigenvalue weighted by molar-refractivity contribution is 9.09. The molecule has 4 rings (SSSR count). The second-order valence-corrected chi connectivity index (χ2v) is 11.2.